The quantitative estimate of drug-likeness (QED) is 0.850. The standard InChI is InChI=1S/C15H16N2OS/c1-12-14(19-11-17-12)7-8-15(18)16-10-9-13-5-3-2-4-6-13/h2-8,11H,9-10H2,1H3,(H,16,18)/b8-7+. The number of aromatic nitrogens is 1. The highest BCUT2D eigenvalue weighted by Crippen LogP contribution is 2.13. The summed E-state index contributed by atoms with van der Waals surface area (Å²) < 4.78 is 0. The molecule has 1 aromatic heterocycles. The first-order valence-electron chi connectivity index (χ1n) is 6.15. The van der Waals surface area contributed by atoms with E-state index < -0.39 is 0 Å². The topological polar surface area (TPSA) is 42.0 Å². The monoisotopic (exact) mass is 272 g/mol. The van der Waals surface area contributed by atoms with Crippen LogP contribution in [0.25, 0.3) is 6.08 Å². The molecule has 0 aliphatic rings. The minimum atomic E-state index is -0.0660. The molecule has 0 saturated heterocycles. The summed E-state index contributed by atoms with van der Waals surface area (Å²) in [4.78, 5) is 16.8. The van der Waals surface area contributed by atoms with E-state index in [9.17, 15) is 4.79 Å². The van der Waals surface area contributed by atoms with Crippen molar-refractivity contribution >= 4 is 23.3 Å². The van der Waals surface area contributed by atoms with Crippen molar-refractivity contribution in [3.63, 3.8) is 0 Å². The van der Waals surface area contributed by atoms with Gasteiger partial charge in [-0.2, -0.15) is 0 Å². The summed E-state index contributed by atoms with van der Waals surface area (Å²) in [6.45, 7) is 2.58. The van der Waals surface area contributed by atoms with E-state index in [4.69, 9.17) is 0 Å². The second-order valence-electron chi connectivity index (χ2n) is 4.16. The molecule has 1 N–H and O–H groups in total. The van der Waals surface area contributed by atoms with Crippen molar-refractivity contribution in [2.24, 2.45) is 0 Å². The molecular weight excluding hydrogens is 256 g/mol. The van der Waals surface area contributed by atoms with Gasteiger partial charge in [0.15, 0.2) is 0 Å². The van der Waals surface area contributed by atoms with E-state index in [1.165, 1.54) is 16.9 Å². The summed E-state index contributed by atoms with van der Waals surface area (Å²) in [5.41, 5.74) is 3.96. The maximum Gasteiger partial charge on any atom is 0.244 e. The van der Waals surface area contributed by atoms with Crippen molar-refractivity contribution in [1.82, 2.24) is 10.3 Å². The second kappa shape index (κ2) is 6.85. The van der Waals surface area contributed by atoms with Crippen LogP contribution in [0.5, 0.6) is 0 Å². The average Bonchev–Trinajstić information content (AvgIpc) is 2.83. The zero-order chi connectivity index (χ0) is 13.5. The van der Waals surface area contributed by atoms with Crippen molar-refractivity contribution in [1.29, 1.82) is 0 Å². The normalized spacial score (nSPS) is 10.8. The average molecular weight is 272 g/mol. The van der Waals surface area contributed by atoms with Gasteiger partial charge >= 0.3 is 0 Å². The molecule has 0 atom stereocenters. The molecule has 2 rings (SSSR count). The third kappa shape index (κ3) is 4.34. The van der Waals surface area contributed by atoms with Gasteiger partial charge in [0.05, 0.1) is 11.2 Å². The zero-order valence-corrected chi connectivity index (χ0v) is 11.6. The second-order valence-corrected chi connectivity index (χ2v) is 5.05. The van der Waals surface area contributed by atoms with Crippen molar-refractivity contribution in [2.45, 2.75) is 13.3 Å². The highest BCUT2D eigenvalue weighted by atomic mass is 32.1. The van der Waals surface area contributed by atoms with Gasteiger partial charge in [0, 0.05) is 17.5 Å². The predicted octanol–water partition coefficient (Wildman–Crippen LogP) is 2.82. The Hall–Kier alpha value is -1.94. The van der Waals surface area contributed by atoms with Gasteiger partial charge < -0.3 is 5.32 Å². The highest BCUT2D eigenvalue weighted by Gasteiger charge is 1.99. The lowest BCUT2D eigenvalue weighted by Gasteiger charge is -2.02. The third-order valence-corrected chi connectivity index (χ3v) is 3.62. The number of hydrogen-bond donors (Lipinski definition) is 1. The van der Waals surface area contributed by atoms with E-state index in [2.05, 4.69) is 22.4 Å². The fourth-order valence-electron chi connectivity index (χ4n) is 1.66. The Labute approximate surface area is 117 Å². The Balaban J connectivity index is 1.76. The minimum Gasteiger partial charge on any atom is -0.352 e. The van der Waals surface area contributed by atoms with E-state index in [0.717, 1.165) is 17.0 Å². The van der Waals surface area contributed by atoms with Crippen LogP contribution in [0.2, 0.25) is 0 Å². The number of hydrogen-bond acceptors (Lipinski definition) is 3. The molecule has 2 aromatic rings. The van der Waals surface area contributed by atoms with E-state index >= 15 is 0 Å². The summed E-state index contributed by atoms with van der Waals surface area (Å²) in [5.74, 6) is -0.0660. The smallest absolute Gasteiger partial charge is 0.244 e. The number of carbonyl (C=O) groups is 1. The number of rotatable bonds is 5. The van der Waals surface area contributed by atoms with Gasteiger partial charge in [-0.25, -0.2) is 4.98 Å². The number of thiazole rings is 1. The van der Waals surface area contributed by atoms with Gasteiger partial charge in [0.1, 0.15) is 0 Å². The van der Waals surface area contributed by atoms with Crippen LogP contribution in [0, 0.1) is 6.92 Å². The van der Waals surface area contributed by atoms with E-state index in [-0.39, 0.29) is 5.91 Å². The Morgan fingerprint density at radius 2 is 2.16 bits per heavy atom. The molecule has 4 heteroatoms. The van der Waals surface area contributed by atoms with Crippen LogP contribution in [-0.2, 0) is 11.2 Å². The fraction of sp³-hybridized carbons (Fsp3) is 0.200. The minimum absolute atomic E-state index is 0.0660. The Morgan fingerprint density at radius 3 is 2.84 bits per heavy atom. The summed E-state index contributed by atoms with van der Waals surface area (Å²) in [5, 5.41) is 2.87. The van der Waals surface area contributed by atoms with E-state index in [1.807, 2.05) is 31.2 Å². The van der Waals surface area contributed by atoms with Crippen molar-refractivity contribution < 1.29 is 4.79 Å². The Bertz CT molecular complexity index is 561. The lowest BCUT2D eigenvalue weighted by atomic mass is 10.1. The number of aryl methyl sites for hydroxylation is 1. The van der Waals surface area contributed by atoms with Gasteiger partial charge in [0.2, 0.25) is 5.91 Å². The molecule has 98 valence electrons. The Kier molecular flexibility index (Phi) is 4.86. The summed E-state index contributed by atoms with van der Waals surface area (Å²) in [6, 6.07) is 10.1. The van der Waals surface area contributed by atoms with Crippen LogP contribution in [0.3, 0.4) is 0 Å². The van der Waals surface area contributed by atoms with E-state index in [0.29, 0.717) is 6.54 Å². The fourth-order valence-corrected chi connectivity index (χ4v) is 2.35. The van der Waals surface area contributed by atoms with Crippen LogP contribution in [0.4, 0.5) is 0 Å². The molecule has 3 nitrogen and oxygen atoms in total. The maximum absolute atomic E-state index is 11.6. The number of nitrogens with zero attached hydrogens (tertiary/aromatic N) is 1. The number of benzene rings is 1. The molecule has 19 heavy (non-hydrogen) atoms. The lowest BCUT2D eigenvalue weighted by Crippen LogP contribution is -2.23. The molecule has 1 aromatic carbocycles. The van der Waals surface area contributed by atoms with Crippen LogP contribution in [0.15, 0.2) is 41.9 Å². The van der Waals surface area contributed by atoms with Gasteiger partial charge in [-0.1, -0.05) is 30.3 Å². The molecule has 0 aliphatic carbocycles. The molecule has 0 spiro atoms. The summed E-state index contributed by atoms with van der Waals surface area (Å²) >= 11 is 1.53. The van der Waals surface area contributed by atoms with Crippen molar-refractivity contribution in [3.8, 4) is 0 Å². The molecule has 1 heterocycles. The molecule has 0 saturated carbocycles. The van der Waals surface area contributed by atoms with Gasteiger partial charge in [-0.3, -0.25) is 4.79 Å². The van der Waals surface area contributed by atoms with Crippen LogP contribution >= 0.6 is 11.3 Å². The van der Waals surface area contributed by atoms with Crippen LogP contribution in [0.1, 0.15) is 16.1 Å². The first-order chi connectivity index (χ1) is 9.25. The SMILES string of the molecule is Cc1ncsc1/C=C/C(=O)NCCc1ccccc1. The molecular formula is C15H16N2OS. The van der Waals surface area contributed by atoms with Crippen LogP contribution < -0.4 is 5.32 Å². The molecule has 0 aliphatic heterocycles. The maximum atomic E-state index is 11.6. The summed E-state index contributed by atoms with van der Waals surface area (Å²) in [7, 11) is 0. The first-order valence-corrected chi connectivity index (χ1v) is 7.03. The Morgan fingerprint density at radius 1 is 1.37 bits per heavy atom. The van der Waals surface area contributed by atoms with Gasteiger partial charge in [-0.05, 0) is 25.0 Å². The van der Waals surface area contributed by atoms with Gasteiger partial charge in [-0.15, -0.1) is 11.3 Å². The molecule has 0 bridgehead atoms. The molecule has 0 radical (unpaired) electrons. The van der Waals surface area contributed by atoms with Gasteiger partial charge in [0.25, 0.3) is 0 Å². The zero-order valence-electron chi connectivity index (χ0n) is 10.8. The first kappa shape index (κ1) is 13.5. The number of carbonyl (C=O) groups excluding carboxylic acids is 1. The molecule has 0 unspecified atom stereocenters. The van der Waals surface area contributed by atoms with E-state index in [1.54, 1.807) is 11.6 Å². The molecule has 1 amide bonds. The highest BCUT2D eigenvalue weighted by molar-refractivity contribution is 7.10. The number of nitrogens with one attached hydrogen (secondary N) is 1. The molecule has 0 fully saturated rings. The lowest BCUT2D eigenvalue weighted by molar-refractivity contribution is -0.116. The third-order valence-electron chi connectivity index (χ3n) is 2.72. The van der Waals surface area contributed by atoms with Crippen LogP contribution in [-0.4, -0.2) is 17.4 Å². The summed E-state index contributed by atoms with van der Waals surface area (Å²) in [6.07, 6.45) is 4.22. The largest absolute Gasteiger partial charge is 0.352 e. The number of amides is 1. The van der Waals surface area contributed by atoms with Crippen molar-refractivity contribution in [3.05, 3.63) is 58.1 Å². The van der Waals surface area contributed by atoms with Crippen molar-refractivity contribution in [2.75, 3.05) is 6.54 Å². The predicted molar refractivity (Wildman–Crippen MR) is 79.0 cm³/mol.